The van der Waals surface area contributed by atoms with E-state index in [1.54, 1.807) is 36.7 Å². The van der Waals surface area contributed by atoms with Gasteiger partial charge in [0.1, 0.15) is 0 Å². The fourth-order valence-corrected chi connectivity index (χ4v) is 4.17. The second kappa shape index (κ2) is 6.93. The Kier molecular flexibility index (Phi) is 4.48. The molecule has 134 valence electrons. The maximum absolute atomic E-state index is 12.7. The molecule has 0 spiro atoms. The van der Waals surface area contributed by atoms with Gasteiger partial charge >= 0.3 is 0 Å². The van der Waals surface area contributed by atoms with E-state index in [2.05, 4.69) is 19.9 Å². The Morgan fingerprint density at radius 2 is 1.73 bits per heavy atom. The Bertz CT molecular complexity index is 1010. The number of piperazine rings is 1. The fraction of sp³-hybridized carbons (Fsp3) is 0.211. The number of hydrogen-bond acceptors (Lipinski definition) is 5. The minimum atomic E-state index is -3.63. The normalized spacial score (nSPS) is 15.2. The van der Waals surface area contributed by atoms with Crippen LogP contribution in [0, 0.1) is 0 Å². The van der Waals surface area contributed by atoms with Crippen molar-refractivity contribution < 1.29 is 8.42 Å². The second-order valence-corrected chi connectivity index (χ2v) is 7.96. The predicted octanol–water partition coefficient (Wildman–Crippen LogP) is 2.45. The first-order valence-electron chi connectivity index (χ1n) is 8.54. The highest BCUT2D eigenvalue weighted by Crippen LogP contribution is 2.23. The Labute approximate surface area is 152 Å². The molecule has 0 unspecified atom stereocenters. The molecule has 7 heteroatoms. The summed E-state index contributed by atoms with van der Waals surface area (Å²) < 4.78 is 28.0. The summed E-state index contributed by atoms with van der Waals surface area (Å²) in [5.74, 6) is 0. The molecule has 0 atom stereocenters. The number of sulfonamides is 1. The first kappa shape index (κ1) is 16.8. The van der Waals surface area contributed by atoms with Gasteiger partial charge in [0.25, 0.3) is 10.0 Å². The van der Waals surface area contributed by atoms with Crippen molar-refractivity contribution in [3.05, 3.63) is 60.9 Å². The first-order valence-corrected chi connectivity index (χ1v) is 10.0. The molecule has 0 amide bonds. The number of fused-ring (bicyclic) bond motifs is 1. The Balaban J connectivity index is 1.55. The summed E-state index contributed by atoms with van der Waals surface area (Å²) in [4.78, 5) is 6.58. The first-order chi connectivity index (χ1) is 12.6. The third kappa shape index (κ3) is 3.49. The van der Waals surface area contributed by atoms with E-state index in [4.69, 9.17) is 0 Å². The molecule has 2 N–H and O–H groups in total. The van der Waals surface area contributed by atoms with Crippen molar-refractivity contribution >= 4 is 32.2 Å². The number of rotatable bonds is 4. The van der Waals surface area contributed by atoms with E-state index in [0.29, 0.717) is 5.69 Å². The molecule has 2 heterocycles. The van der Waals surface area contributed by atoms with Gasteiger partial charge in [-0.25, -0.2) is 8.42 Å². The smallest absolute Gasteiger partial charge is 0.261 e. The topological polar surface area (TPSA) is 74.3 Å². The molecule has 26 heavy (non-hydrogen) atoms. The average Bonchev–Trinajstić information content (AvgIpc) is 2.68. The molecule has 0 saturated carbocycles. The van der Waals surface area contributed by atoms with Crippen molar-refractivity contribution in [2.24, 2.45) is 0 Å². The number of nitrogens with zero attached hydrogens (tertiary/aromatic N) is 2. The van der Waals surface area contributed by atoms with Crippen LogP contribution in [-0.2, 0) is 10.0 Å². The molecule has 0 aliphatic carbocycles. The van der Waals surface area contributed by atoms with Crippen molar-refractivity contribution in [2.75, 3.05) is 35.8 Å². The monoisotopic (exact) mass is 368 g/mol. The summed E-state index contributed by atoms with van der Waals surface area (Å²) in [6, 6.07) is 14.4. The van der Waals surface area contributed by atoms with Crippen molar-refractivity contribution in [3.8, 4) is 0 Å². The van der Waals surface area contributed by atoms with E-state index in [9.17, 15) is 8.42 Å². The number of nitrogens with one attached hydrogen (secondary N) is 2. The van der Waals surface area contributed by atoms with Crippen LogP contribution >= 0.6 is 0 Å². The molecular formula is C19H20N4O2S. The molecular weight excluding hydrogens is 348 g/mol. The standard InChI is InChI=1S/C19H20N4O2S/c24-26(25,22-17-2-1-15-7-8-21-14-16(15)13-17)19-5-3-18(4-6-19)23-11-9-20-10-12-23/h1-8,13-14,20,22H,9-12H2. The van der Waals surface area contributed by atoms with Gasteiger partial charge in [0, 0.05) is 55.3 Å². The Hall–Kier alpha value is -2.64. The number of aromatic nitrogens is 1. The van der Waals surface area contributed by atoms with Crippen molar-refractivity contribution in [2.45, 2.75) is 4.90 Å². The molecule has 2 aromatic carbocycles. The van der Waals surface area contributed by atoms with Crippen molar-refractivity contribution in [3.63, 3.8) is 0 Å². The molecule has 1 fully saturated rings. The molecule has 6 nitrogen and oxygen atoms in total. The van der Waals surface area contributed by atoms with Gasteiger partial charge in [0.05, 0.1) is 4.90 Å². The third-order valence-electron chi connectivity index (χ3n) is 4.52. The summed E-state index contributed by atoms with van der Waals surface area (Å²) >= 11 is 0. The predicted molar refractivity (Wildman–Crippen MR) is 104 cm³/mol. The Morgan fingerprint density at radius 3 is 2.50 bits per heavy atom. The number of anilines is 2. The fourth-order valence-electron chi connectivity index (χ4n) is 3.12. The highest BCUT2D eigenvalue weighted by atomic mass is 32.2. The lowest BCUT2D eigenvalue weighted by molar-refractivity contribution is 0.589. The average molecular weight is 368 g/mol. The summed E-state index contributed by atoms with van der Waals surface area (Å²) in [7, 11) is -3.63. The molecule has 1 aliphatic rings. The van der Waals surface area contributed by atoms with Gasteiger partial charge in [-0.2, -0.15) is 0 Å². The lowest BCUT2D eigenvalue weighted by atomic mass is 10.2. The van der Waals surface area contributed by atoms with E-state index in [1.165, 1.54) is 0 Å². The highest BCUT2D eigenvalue weighted by molar-refractivity contribution is 7.92. The van der Waals surface area contributed by atoms with Gasteiger partial charge < -0.3 is 10.2 Å². The van der Waals surface area contributed by atoms with Crippen LogP contribution < -0.4 is 14.9 Å². The number of pyridine rings is 1. The largest absolute Gasteiger partial charge is 0.369 e. The van der Waals surface area contributed by atoms with E-state index >= 15 is 0 Å². The van der Waals surface area contributed by atoms with Gasteiger partial charge in [-0.15, -0.1) is 0 Å². The van der Waals surface area contributed by atoms with Crippen LogP contribution in [0.4, 0.5) is 11.4 Å². The third-order valence-corrected chi connectivity index (χ3v) is 5.92. The quantitative estimate of drug-likeness (QED) is 0.740. The molecule has 4 rings (SSSR count). The summed E-state index contributed by atoms with van der Waals surface area (Å²) in [6.45, 7) is 3.74. The van der Waals surface area contributed by atoms with E-state index in [0.717, 1.165) is 42.6 Å². The van der Waals surface area contributed by atoms with Crippen LogP contribution in [0.2, 0.25) is 0 Å². The van der Waals surface area contributed by atoms with E-state index in [1.807, 2.05) is 24.3 Å². The van der Waals surface area contributed by atoms with Gasteiger partial charge in [-0.1, -0.05) is 6.07 Å². The van der Waals surface area contributed by atoms with Gasteiger partial charge in [0.15, 0.2) is 0 Å². The molecule has 1 saturated heterocycles. The van der Waals surface area contributed by atoms with E-state index < -0.39 is 10.0 Å². The maximum Gasteiger partial charge on any atom is 0.261 e. The molecule has 0 bridgehead atoms. The number of benzene rings is 2. The summed E-state index contributed by atoms with van der Waals surface area (Å²) in [6.07, 6.45) is 3.43. The van der Waals surface area contributed by atoms with Gasteiger partial charge in [-0.3, -0.25) is 9.71 Å². The maximum atomic E-state index is 12.7. The van der Waals surface area contributed by atoms with Crippen molar-refractivity contribution in [1.29, 1.82) is 0 Å². The summed E-state index contributed by atoms with van der Waals surface area (Å²) in [5, 5.41) is 5.22. The second-order valence-electron chi connectivity index (χ2n) is 6.27. The molecule has 0 radical (unpaired) electrons. The Morgan fingerprint density at radius 1 is 0.962 bits per heavy atom. The molecule has 3 aromatic rings. The zero-order valence-electron chi connectivity index (χ0n) is 14.2. The highest BCUT2D eigenvalue weighted by Gasteiger charge is 2.16. The van der Waals surface area contributed by atoms with Crippen LogP contribution in [0.25, 0.3) is 10.8 Å². The van der Waals surface area contributed by atoms with Crippen LogP contribution in [0.1, 0.15) is 0 Å². The zero-order valence-corrected chi connectivity index (χ0v) is 15.0. The van der Waals surface area contributed by atoms with Gasteiger partial charge in [0.2, 0.25) is 0 Å². The summed E-state index contributed by atoms with van der Waals surface area (Å²) in [5.41, 5.74) is 1.57. The minimum Gasteiger partial charge on any atom is -0.369 e. The van der Waals surface area contributed by atoms with Crippen LogP contribution in [0.3, 0.4) is 0 Å². The van der Waals surface area contributed by atoms with Crippen molar-refractivity contribution in [1.82, 2.24) is 10.3 Å². The SMILES string of the molecule is O=S(=O)(Nc1ccc2ccncc2c1)c1ccc(N2CCNCC2)cc1. The molecule has 1 aromatic heterocycles. The lowest BCUT2D eigenvalue weighted by Gasteiger charge is -2.29. The van der Waals surface area contributed by atoms with Gasteiger partial charge in [-0.05, 0) is 47.9 Å². The van der Waals surface area contributed by atoms with E-state index in [-0.39, 0.29) is 4.90 Å². The molecule has 1 aliphatic heterocycles. The lowest BCUT2D eigenvalue weighted by Crippen LogP contribution is -2.43. The zero-order chi connectivity index (χ0) is 18.0. The van der Waals surface area contributed by atoms with Crippen LogP contribution in [-0.4, -0.2) is 39.6 Å². The number of hydrogen-bond donors (Lipinski definition) is 2. The van der Waals surface area contributed by atoms with Crippen LogP contribution in [0.15, 0.2) is 65.8 Å². The minimum absolute atomic E-state index is 0.252. The van der Waals surface area contributed by atoms with Crippen LogP contribution in [0.5, 0.6) is 0 Å².